The number of aromatic nitrogens is 5. The van der Waals surface area contributed by atoms with Crippen LogP contribution < -0.4 is 14.8 Å². The second kappa shape index (κ2) is 6.87. The zero-order valence-electron chi connectivity index (χ0n) is 12.7. The Morgan fingerprint density at radius 1 is 1.24 bits per heavy atom. The summed E-state index contributed by atoms with van der Waals surface area (Å²) in [6, 6.07) is 0.670. The molecule has 114 valence electrons. The molecule has 1 N–H and O–H groups in total. The standard InChI is InChI=1S/C13H20N6O2/c1-5-6-20-12-16-11(14-4)17-13(18-12)21-10-7-15-19(8-10)9(2)3/h7-9H,5-6H2,1-4H3,(H,14,16,17,18). The van der Waals surface area contributed by atoms with E-state index in [1.165, 1.54) is 0 Å². The topological polar surface area (TPSA) is 87.0 Å². The fourth-order valence-corrected chi connectivity index (χ4v) is 1.51. The van der Waals surface area contributed by atoms with Crippen molar-refractivity contribution in [1.82, 2.24) is 24.7 Å². The number of ether oxygens (including phenoxy) is 2. The normalized spacial score (nSPS) is 10.7. The van der Waals surface area contributed by atoms with Crippen LogP contribution in [0.2, 0.25) is 0 Å². The minimum absolute atomic E-state index is 0.170. The van der Waals surface area contributed by atoms with Crippen LogP contribution in [0.15, 0.2) is 12.4 Å². The van der Waals surface area contributed by atoms with E-state index in [4.69, 9.17) is 9.47 Å². The largest absolute Gasteiger partial charge is 0.463 e. The monoisotopic (exact) mass is 292 g/mol. The first-order valence-electron chi connectivity index (χ1n) is 6.91. The average Bonchev–Trinajstić information content (AvgIpc) is 2.93. The molecule has 2 heterocycles. The summed E-state index contributed by atoms with van der Waals surface area (Å²) in [5, 5.41) is 7.05. The fraction of sp³-hybridized carbons (Fsp3) is 0.538. The Hall–Kier alpha value is -2.38. The lowest BCUT2D eigenvalue weighted by Crippen LogP contribution is -2.06. The summed E-state index contributed by atoms with van der Waals surface area (Å²) in [5.41, 5.74) is 0. The highest BCUT2D eigenvalue weighted by molar-refractivity contribution is 5.28. The molecule has 0 unspecified atom stereocenters. The first-order chi connectivity index (χ1) is 10.1. The summed E-state index contributed by atoms with van der Waals surface area (Å²) in [7, 11) is 1.72. The highest BCUT2D eigenvalue weighted by atomic mass is 16.5. The first-order valence-corrected chi connectivity index (χ1v) is 6.91. The zero-order valence-corrected chi connectivity index (χ0v) is 12.7. The Labute approximate surface area is 123 Å². The third-order valence-electron chi connectivity index (χ3n) is 2.57. The molecule has 0 atom stereocenters. The van der Waals surface area contributed by atoms with Crippen molar-refractivity contribution in [2.24, 2.45) is 0 Å². The SMILES string of the molecule is CCCOc1nc(NC)nc(Oc2cnn(C(C)C)c2)n1. The zero-order chi connectivity index (χ0) is 15.2. The lowest BCUT2D eigenvalue weighted by Gasteiger charge is -2.07. The van der Waals surface area contributed by atoms with Gasteiger partial charge in [0.05, 0.1) is 19.0 Å². The predicted octanol–water partition coefficient (Wildman–Crippen LogP) is 2.27. The van der Waals surface area contributed by atoms with Gasteiger partial charge in [0.1, 0.15) is 0 Å². The molecule has 8 nitrogen and oxygen atoms in total. The van der Waals surface area contributed by atoms with Crippen molar-refractivity contribution in [3.05, 3.63) is 12.4 Å². The van der Waals surface area contributed by atoms with Gasteiger partial charge in [0.15, 0.2) is 5.75 Å². The van der Waals surface area contributed by atoms with Crippen molar-refractivity contribution in [3.8, 4) is 17.8 Å². The van der Waals surface area contributed by atoms with Crippen LogP contribution in [0.1, 0.15) is 33.2 Å². The van der Waals surface area contributed by atoms with E-state index in [9.17, 15) is 0 Å². The van der Waals surface area contributed by atoms with Crippen LogP contribution in [0.5, 0.6) is 17.8 Å². The molecular weight excluding hydrogens is 272 g/mol. The molecule has 0 radical (unpaired) electrons. The van der Waals surface area contributed by atoms with E-state index < -0.39 is 0 Å². The van der Waals surface area contributed by atoms with Crippen molar-refractivity contribution in [2.45, 2.75) is 33.2 Å². The number of nitrogens with zero attached hydrogens (tertiary/aromatic N) is 5. The Morgan fingerprint density at radius 2 is 2.00 bits per heavy atom. The van der Waals surface area contributed by atoms with Gasteiger partial charge in [-0.1, -0.05) is 6.92 Å². The molecule has 0 aliphatic heterocycles. The van der Waals surface area contributed by atoms with Crippen molar-refractivity contribution in [3.63, 3.8) is 0 Å². The molecule has 21 heavy (non-hydrogen) atoms. The van der Waals surface area contributed by atoms with Gasteiger partial charge in [0.25, 0.3) is 0 Å². The summed E-state index contributed by atoms with van der Waals surface area (Å²) >= 11 is 0. The van der Waals surface area contributed by atoms with Crippen LogP contribution in [0.25, 0.3) is 0 Å². The summed E-state index contributed by atoms with van der Waals surface area (Å²) in [6.45, 7) is 6.63. The molecule has 2 rings (SSSR count). The summed E-state index contributed by atoms with van der Waals surface area (Å²) < 4.78 is 12.8. The number of rotatable bonds is 7. The van der Waals surface area contributed by atoms with Gasteiger partial charge in [-0.3, -0.25) is 4.68 Å². The number of hydrogen-bond donors (Lipinski definition) is 1. The van der Waals surface area contributed by atoms with Gasteiger partial charge in [-0.25, -0.2) is 0 Å². The van der Waals surface area contributed by atoms with E-state index in [-0.39, 0.29) is 18.1 Å². The van der Waals surface area contributed by atoms with Crippen LogP contribution in [-0.2, 0) is 0 Å². The van der Waals surface area contributed by atoms with Gasteiger partial charge in [-0.2, -0.15) is 15.1 Å². The second-order valence-corrected chi connectivity index (χ2v) is 4.67. The number of anilines is 1. The molecule has 2 aromatic heterocycles. The molecule has 0 spiro atoms. The maximum Gasteiger partial charge on any atom is 0.330 e. The molecule has 2 aromatic rings. The number of nitrogens with one attached hydrogen (secondary N) is 1. The van der Waals surface area contributed by atoms with Gasteiger partial charge in [0, 0.05) is 13.1 Å². The molecule has 0 saturated heterocycles. The van der Waals surface area contributed by atoms with Gasteiger partial charge in [-0.05, 0) is 20.3 Å². The molecule has 0 aromatic carbocycles. The van der Waals surface area contributed by atoms with Crippen LogP contribution >= 0.6 is 0 Å². The minimum atomic E-state index is 0.170. The summed E-state index contributed by atoms with van der Waals surface area (Å²) in [4.78, 5) is 12.4. The second-order valence-electron chi connectivity index (χ2n) is 4.67. The molecule has 0 aliphatic carbocycles. The molecule has 0 aliphatic rings. The van der Waals surface area contributed by atoms with Crippen LogP contribution in [0.4, 0.5) is 5.95 Å². The quantitative estimate of drug-likeness (QED) is 0.837. The third-order valence-corrected chi connectivity index (χ3v) is 2.57. The molecular formula is C13H20N6O2. The van der Waals surface area contributed by atoms with E-state index in [1.807, 2.05) is 20.8 Å². The van der Waals surface area contributed by atoms with E-state index in [0.29, 0.717) is 18.3 Å². The molecule has 0 fully saturated rings. The van der Waals surface area contributed by atoms with Gasteiger partial charge >= 0.3 is 12.0 Å². The smallest absolute Gasteiger partial charge is 0.330 e. The maximum absolute atomic E-state index is 5.61. The van der Waals surface area contributed by atoms with Crippen molar-refractivity contribution in [2.75, 3.05) is 19.0 Å². The van der Waals surface area contributed by atoms with E-state index in [2.05, 4.69) is 25.4 Å². The summed E-state index contributed by atoms with van der Waals surface area (Å²) in [6.07, 6.45) is 4.29. The van der Waals surface area contributed by atoms with Crippen molar-refractivity contribution in [1.29, 1.82) is 0 Å². The maximum atomic E-state index is 5.61. The van der Waals surface area contributed by atoms with E-state index in [1.54, 1.807) is 24.1 Å². The van der Waals surface area contributed by atoms with Gasteiger partial charge in [-0.15, -0.1) is 4.98 Å². The first kappa shape index (κ1) is 15.0. The van der Waals surface area contributed by atoms with Crippen LogP contribution in [-0.4, -0.2) is 38.4 Å². The summed E-state index contributed by atoms with van der Waals surface area (Å²) in [5.74, 6) is 0.959. The Morgan fingerprint density at radius 3 is 2.62 bits per heavy atom. The molecule has 8 heteroatoms. The van der Waals surface area contributed by atoms with Gasteiger partial charge < -0.3 is 14.8 Å². The number of hydrogen-bond acceptors (Lipinski definition) is 7. The Bertz CT molecular complexity index is 584. The highest BCUT2D eigenvalue weighted by Gasteiger charge is 2.10. The van der Waals surface area contributed by atoms with E-state index in [0.717, 1.165) is 6.42 Å². The fourth-order valence-electron chi connectivity index (χ4n) is 1.51. The van der Waals surface area contributed by atoms with Crippen molar-refractivity contribution >= 4 is 5.95 Å². The molecule has 0 bridgehead atoms. The minimum Gasteiger partial charge on any atom is -0.463 e. The van der Waals surface area contributed by atoms with Crippen molar-refractivity contribution < 1.29 is 9.47 Å². The Kier molecular flexibility index (Phi) is 4.91. The predicted molar refractivity (Wildman–Crippen MR) is 77.8 cm³/mol. The molecule has 0 saturated carbocycles. The lowest BCUT2D eigenvalue weighted by molar-refractivity contribution is 0.285. The van der Waals surface area contributed by atoms with Gasteiger partial charge in [0.2, 0.25) is 5.95 Å². The van der Waals surface area contributed by atoms with E-state index >= 15 is 0 Å². The van der Waals surface area contributed by atoms with Crippen LogP contribution in [0, 0.1) is 0 Å². The highest BCUT2D eigenvalue weighted by Crippen LogP contribution is 2.21. The average molecular weight is 292 g/mol. The lowest BCUT2D eigenvalue weighted by atomic mass is 10.4. The Balaban J connectivity index is 2.17. The molecule has 0 amide bonds. The third kappa shape index (κ3) is 4.04. The van der Waals surface area contributed by atoms with Crippen LogP contribution in [0.3, 0.4) is 0 Å².